The van der Waals surface area contributed by atoms with Gasteiger partial charge in [0.1, 0.15) is 11.9 Å². The lowest BCUT2D eigenvalue weighted by atomic mass is 9.92. The van der Waals surface area contributed by atoms with E-state index in [1.807, 2.05) is 24.3 Å². The molecule has 0 saturated carbocycles. The van der Waals surface area contributed by atoms with Crippen molar-refractivity contribution in [3.8, 4) is 5.75 Å². The minimum Gasteiger partial charge on any atom is -0.496 e. The Morgan fingerprint density at radius 2 is 2.10 bits per heavy atom. The molecule has 4 heteroatoms. The number of rotatable bonds is 3. The molecule has 108 valence electrons. The van der Waals surface area contributed by atoms with Crippen molar-refractivity contribution in [2.45, 2.75) is 12.5 Å². The summed E-state index contributed by atoms with van der Waals surface area (Å²) >= 11 is 6.01. The topological polar surface area (TPSA) is 35.5 Å². The van der Waals surface area contributed by atoms with Crippen LogP contribution in [0.25, 0.3) is 0 Å². The third-order valence-electron chi connectivity index (χ3n) is 3.66. The van der Waals surface area contributed by atoms with Gasteiger partial charge in [-0.1, -0.05) is 35.9 Å². The summed E-state index contributed by atoms with van der Waals surface area (Å²) in [7, 11) is 1.54. The van der Waals surface area contributed by atoms with Crippen LogP contribution < -0.4 is 4.74 Å². The van der Waals surface area contributed by atoms with Gasteiger partial charge >= 0.3 is 0 Å². The molecule has 0 radical (unpaired) electrons. The van der Waals surface area contributed by atoms with Crippen molar-refractivity contribution >= 4 is 17.4 Å². The molecule has 3 rings (SSSR count). The Balaban J connectivity index is 2.02. The van der Waals surface area contributed by atoms with E-state index in [1.54, 1.807) is 18.2 Å². The standard InChI is InChI=1S/C17H15ClO3/c1-20-15-7-6-12(18)10-14(15)16(19)17-13-5-3-2-4-11(13)8-9-21-17/h2-7,10,17H,8-9H2,1H3. The number of ketones is 1. The van der Waals surface area contributed by atoms with Crippen molar-refractivity contribution in [2.24, 2.45) is 0 Å². The molecule has 0 N–H and O–H groups in total. The van der Waals surface area contributed by atoms with E-state index in [0.717, 1.165) is 17.5 Å². The molecule has 3 nitrogen and oxygen atoms in total. The van der Waals surface area contributed by atoms with Gasteiger partial charge in [0.15, 0.2) is 5.78 Å². The summed E-state index contributed by atoms with van der Waals surface area (Å²) in [6.45, 7) is 0.538. The van der Waals surface area contributed by atoms with E-state index in [1.165, 1.54) is 7.11 Å². The van der Waals surface area contributed by atoms with Crippen molar-refractivity contribution in [3.63, 3.8) is 0 Å². The molecule has 0 bridgehead atoms. The molecule has 0 fully saturated rings. The first-order chi connectivity index (χ1) is 10.2. The number of hydrogen-bond acceptors (Lipinski definition) is 3. The van der Waals surface area contributed by atoms with E-state index in [0.29, 0.717) is 22.9 Å². The zero-order valence-corrected chi connectivity index (χ0v) is 12.4. The van der Waals surface area contributed by atoms with Crippen LogP contribution in [0.4, 0.5) is 0 Å². The van der Waals surface area contributed by atoms with Gasteiger partial charge in [-0.25, -0.2) is 0 Å². The van der Waals surface area contributed by atoms with E-state index >= 15 is 0 Å². The predicted octanol–water partition coefficient (Wildman–Crippen LogP) is 3.85. The number of ether oxygens (including phenoxy) is 2. The lowest BCUT2D eigenvalue weighted by Crippen LogP contribution is -2.23. The highest BCUT2D eigenvalue weighted by Gasteiger charge is 2.29. The van der Waals surface area contributed by atoms with Crippen molar-refractivity contribution in [1.82, 2.24) is 0 Å². The van der Waals surface area contributed by atoms with Crippen LogP contribution in [-0.4, -0.2) is 19.5 Å². The molecule has 0 aliphatic carbocycles. The molecule has 1 unspecified atom stereocenters. The average Bonchev–Trinajstić information content (AvgIpc) is 2.53. The van der Waals surface area contributed by atoms with Gasteiger partial charge in [-0.05, 0) is 35.7 Å². The van der Waals surface area contributed by atoms with Crippen LogP contribution in [0.5, 0.6) is 5.75 Å². The average molecular weight is 303 g/mol. The van der Waals surface area contributed by atoms with Crippen LogP contribution in [0.3, 0.4) is 0 Å². The quantitative estimate of drug-likeness (QED) is 0.808. The molecule has 0 aromatic heterocycles. The van der Waals surface area contributed by atoms with Crippen LogP contribution in [-0.2, 0) is 11.2 Å². The molecule has 0 saturated heterocycles. The van der Waals surface area contributed by atoms with E-state index in [4.69, 9.17) is 21.1 Å². The van der Waals surface area contributed by atoms with E-state index in [-0.39, 0.29) is 5.78 Å². The van der Waals surface area contributed by atoms with Gasteiger partial charge in [0.25, 0.3) is 0 Å². The third kappa shape index (κ3) is 2.67. The van der Waals surface area contributed by atoms with Gasteiger partial charge in [-0.15, -0.1) is 0 Å². The molecular formula is C17H15ClO3. The number of methoxy groups -OCH3 is 1. The number of benzene rings is 2. The molecular weight excluding hydrogens is 288 g/mol. The molecule has 2 aromatic rings. The fraction of sp³-hybridized carbons (Fsp3) is 0.235. The molecule has 1 heterocycles. The largest absolute Gasteiger partial charge is 0.496 e. The monoisotopic (exact) mass is 302 g/mol. The Morgan fingerprint density at radius 3 is 2.90 bits per heavy atom. The molecule has 0 spiro atoms. The van der Waals surface area contributed by atoms with Gasteiger partial charge in [0, 0.05) is 5.02 Å². The Bertz CT molecular complexity index is 681. The number of Topliss-reactive ketones (excluding diaryl/α,β-unsaturated/α-hetero) is 1. The van der Waals surface area contributed by atoms with Crippen molar-refractivity contribution in [2.75, 3.05) is 13.7 Å². The van der Waals surface area contributed by atoms with Gasteiger partial charge in [0.2, 0.25) is 0 Å². The Morgan fingerprint density at radius 1 is 1.29 bits per heavy atom. The third-order valence-corrected chi connectivity index (χ3v) is 3.89. The summed E-state index contributed by atoms with van der Waals surface area (Å²) < 4.78 is 11.0. The van der Waals surface area contributed by atoms with Crippen molar-refractivity contribution < 1.29 is 14.3 Å². The van der Waals surface area contributed by atoms with Crippen LogP contribution in [0, 0.1) is 0 Å². The minimum absolute atomic E-state index is 0.124. The number of fused-ring (bicyclic) bond motifs is 1. The normalized spacial score (nSPS) is 17.1. The Hall–Kier alpha value is -1.84. The van der Waals surface area contributed by atoms with Gasteiger partial charge < -0.3 is 9.47 Å². The first-order valence-corrected chi connectivity index (χ1v) is 7.15. The molecule has 1 atom stereocenters. The highest BCUT2D eigenvalue weighted by Crippen LogP contribution is 2.33. The summed E-state index contributed by atoms with van der Waals surface area (Å²) in [5.74, 6) is 0.387. The number of hydrogen-bond donors (Lipinski definition) is 0. The fourth-order valence-corrected chi connectivity index (χ4v) is 2.80. The van der Waals surface area contributed by atoms with Crippen LogP contribution in [0.15, 0.2) is 42.5 Å². The zero-order chi connectivity index (χ0) is 14.8. The second-order valence-electron chi connectivity index (χ2n) is 4.91. The SMILES string of the molecule is COc1ccc(Cl)cc1C(=O)C1OCCc2ccccc21. The summed E-state index contributed by atoms with van der Waals surface area (Å²) in [6.07, 6.45) is 0.231. The summed E-state index contributed by atoms with van der Waals surface area (Å²) in [6, 6.07) is 12.9. The maximum atomic E-state index is 12.8. The maximum absolute atomic E-state index is 12.8. The van der Waals surface area contributed by atoms with E-state index < -0.39 is 6.10 Å². The summed E-state index contributed by atoms with van der Waals surface area (Å²) in [5, 5.41) is 0.503. The number of carbonyl (C=O) groups is 1. The van der Waals surface area contributed by atoms with E-state index in [9.17, 15) is 4.79 Å². The molecule has 1 aliphatic rings. The lowest BCUT2D eigenvalue weighted by Gasteiger charge is -2.25. The smallest absolute Gasteiger partial charge is 0.199 e. The van der Waals surface area contributed by atoms with Gasteiger partial charge in [0.05, 0.1) is 19.3 Å². The zero-order valence-electron chi connectivity index (χ0n) is 11.6. The minimum atomic E-state index is -0.595. The first-order valence-electron chi connectivity index (χ1n) is 6.78. The van der Waals surface area contributed by atoms with Crippen LogP contribution in [0.2, 0.25) is 5.02 Å². The van der Waals surface area contributed by atoms with Gasteiger partial charge in [-0.2, -0.15) is 0 Å². The number of halogens is 1. The van der Waals surface area contributed by atoms with Crippen molar-refractivity contribution in [1.29, 1.82) is 0 Å². The van der Waals surface area contributed by atoms with Gasteiger partial charge in [-0.3, -0.25) is 4.79 Å². The Kier molecular flexibility index (Phi) is 3.95. The Labute approximate surface area is 128 Å². The second kappa shape index (κ2) is 5.88. The molecule has 1 aliphatic heterocycles. The highest BCUT2D eigenvalue weighted by atomic mass is 35.5. The highest BCUT2D eigenvalue weighted by molar-refractivity contribution is 6.31. The van der Waals surface area contributed by atoms with Crippen molar-refractivity contribution in [3.05, 3.63) is 64.2 Å². The lowest BCUT2D eigenvalue weighted by molar-refractivity contribution is 0.0347. The van der Waals surface area contributed by atoms with E-state index in [2.05, 4.69) is 0 Å². The molecule has 2 aromatic carbocycles. The molecule has 0 amide bonds. The number of carbonyl (C=O) groups excluding carboxylic acids is 1. The molecule has 21 heavy (non-hydrogen) atoms. The summed E-state index contributed by atoms with van der Waals surface area (Å²) in [5.41, 5.74) is 2.53. The van der Waals surface area contributed by atoms with Crippen LogP contribution in [0.1, 0.15) is 27.6 Å². The van der Waals surface area contributed by atoms with Crippen LogP contribution >= 0.6 is 11.6 Å². The maximum Gasteiger partial charge on any atom is 0.199 e. The summed E-state index contributed by atoms with van der Waals surface area (Å²) in [4.78, 5) is 12.8. The fourth-order valence-electron chi connectivity index (χ4n) is 2.63. The predicted molar refractivity (Wildman–Crippen MR) is 81.2 cm³/mol. The second-order valence-corrected chi connectivity index (χ2v) is 5.34. The first kappa shape index (κ1) is 14.1.